The van der Waals surface area contributed by atoms with Gasteiger partial charge >= 0.3 is 0 Å². The molecule has 2 aliphatic rings. The average molecular weight is 384 g/mol. The van der Waals surface area contributed by atoms with Crippen LogP contribution in [-0.2, 0) is 4.74 Å². The van der Waals surface area contributed by atoms with E-state index < -0.39 is 0 Å². The molecule has 4 rings (SSSR count). The molecule has 2 aromatic carbocycles. The minimum absolute atomic E-state index is 0.0845. The van der Waals surface area contributed by atoms with E-state index in [1.807, 2.05) is 38.1 Å². The van der Waals surface area contributed by atoms with Gasteiger partial charge in [0.25, 0.3) is 0 Å². The van der Waals surface area contributed by atoms with Crippen LogP contribution in [0.25, 0.3) is 0 Å². The summed E-state index contributed by atoms with van der Waals surface area (Å²) in [6.45, 7) is 4.85. The fourth-order valence-electron chi connectivity index (χ4n) is 5.20. The van der Waals surface area contributed by atoms with Crippen LogP contribution in [0.2, 0.25) is 0 Å². The van der Waals surface area contributed by atoms with Crippen LogP contribution in [0.15, 0.2) is 48.5 Å². The summed E-state index contributed by atoms with van der Waals surface area (Å²) in [7, 11) is 0. The second-order valence-electron chi connectivity index (χ2n) is 8.49. The van der Waals surface area contributed by atoms with Gasteiger partial charge in [-0.05, 0) is 68.4 Å². The van der Waals surface area contributed by atoms with Crippen molar-refractivity contribution < 1.29 is 19.0 Å². The van der Waals surface area contributed by atoms with E-state index in [2.05, 4.69) is 12.1 Å². The van der Waals surface area contributed by atoms with Gasteiger partial charge in [0.15, 0.2) is 0 Å². The maximum absolute atomic E-state index is 13.5. The molecule has 0 aromatic heterocycles. The van der Waals surface area contributed by atoms with Gasteiger partial charge in [0.2, 0.25) is 0 Å². The lowest BCUT2D eigenvalue weighted by Crippen LogP contribution is -2.34. The number of rotatable bonds is 5. The van der Waals surface area contributed by atoms with Gasteiger partial charge in [-0.3, -0.25) is 0 Å². The number of ether oxygens (including phenoxy) is 2. The molecule has 2 aromatic rings. The lowest BCUT2D eigenvalue weighted by Gasteiger charge is -2.33. The number of benzene rings is 2. The lowest BCUT2D eigenvalue weighted by molar-refractivity contribution is -0.0122. The SMILES string of the molecule is CC(C)Oc1ccccc1[C@H]1CO[C@]2(CCC(CO)[C@H]2c2ccc(F)cc2)C1. The monoisotopic (exact) mass is 384 g/mol. The Hall–Kier alpha value is -1.91. The number of aliphatic hydroxyl groups excluding tert-OH is 1. The van der Waals surface area contributed by atoms with Crippen LogP contribution in [0.4, 0.5) is 4.39 Å². The van der Waals surface area contributed by atoms with Gasteiger partial charge in [-0.1, -0.05) is 30.3 Å². The van der Waals surface area contributed by atoms with Crippen molar-refractivity contribution in [3.8, 4) is 5.75 Å². The fourth-order valence-corrected chi connectivity index (χ4v) is 5.20. The Bertz CT molecular complexity index is 804. The predicted octanol–water partition coefficient (Wildman–Crippen LogP) is 5.04. The summed E-state index contributed by atoms with van der Waals surface area (Å²) < 4.78 is 26.0. The summed E-state index contributed by atoms with van der Waals surface area (Å²) in [4.78, 5) is 0. The highest BCUT2D eigenvalue weighted by atomic mass is 19.1. The molecular formula is C24H29FO3. The second-order valence-corrected chi connectivity index (χ2v) is 8.49. The standard InChI is InChI=1S/C24H29FO3/c1-16(2)28-22-6-4-3-5-21(22)19-13-24(27-15-19)12-11-18(14-26)23(24)17-7-9-20(25)10-8-17/h3-10,16,18-19,23,26H,11-15H2,1-2H3/t18?,19-,23-,24-/m1/s1. The first-order chi connectivity index (χ1) is 13.5. The maximum Gasteiger partial charge on any atom is 0.123 e. The van der Waals surface area contributed by atoms with Crippen molar-refractivity contribution >= 4 is 0 Å². The average Bonchev–Trinajstić information content (AvgIpc) is 3.27. The van der Waals surface area contributed by atoms with E-state index in [9.17, 15) is 9.50 Å². The van der Waals surface area contributed by atoms with Crippen molar-refractivity contribution in [2.45, 2.75) is 56.7 Å². The van der Waals surface area contributed by atoms with Gasteiger partial charge in [0, 0.05) is 18.4 Å². The number of hydrogen-bond donors (Lipinski definition) is 1. The number of halogens is 1. The van der Waals surface area contributed by atoms with E-state index in [1.165, 1.54) is 17.7 Å². The Balaban J connectivity index is 1.63. The third-order valence-corrected chi connectivity index (χ3v) is 6.33. The van der Waals surface area contributed by atoms with Crippen molar-refractivity contribution in [1.29, 1.82) is 0 Å². The van der Waals surface area contributed by atoms with Crippen LogP contribution in [0.5, 0.6) is 5.75 Å². The van der Waals surface area contributed by atoms with Crippen molar-refractivity contribution in [1.82, 2.24) is 0 Å². The smallest absolute Gasteiger partial charge is 0.123 e. The first-order valence-corrected chi connectivity index (χ1v) is 10.3. The molecule has 3 nitrogen and oxygen atoms in total. The third-order valence-electron chi connectivity index (χ3n) is 6.33. The molecule has 0 radical (unpaired) electrons. The molecule has 28 heavy (non-hydrogen) atoms. The Labute approximate surface area is 166 Å². The molecule has 1 heterocycles. The van der Waals surface area contributed by atoms with Crippen LogP contribution in [0.1, 0.15) is 56.1 Å². The zero-order valence-corrected chi connectivity index (χ0v) is 16.6. The van der Waals surface area contributed by atoms with E-state index in [4.69, 9.17) is 9.47 Å². The Morgan fingerprint density at radius 3 is 2.64 bits per heavy atom. The largest absolute Gasteiger partial charge is 0.491 e. The molecule has 1 aliphatic carbocycles. The molecule has 4 heteroatoms. The molecular weight excluding hydrogens is 355 g/mol. The summed E-state index contributed by atoms with van der Waals surface area (Å²) in [5.41, 5.74) is 1.95. The summed E-state index contributed by atoms with van der Waals surface area (Å²) in [5.74, 6) is 1.18. The zero-order chi connectivity index (χ0) is 19.7. The van der Waals surface area contributed by atoms with Crippen molar-refractivity contribution in [2.75, 3.05) is 13.2 Å². The molecule has 4 atom stereocenters. The Morgan fingerprint density at radius 1 is 1.18 bits per heavy atom. The minimum Gasteiger partial charge on any atom is -0.491 e. The van der Waals surface area contributed by atoms with Crippen LogP contribution in [-0.4, -0.2) is 30.0 Å². The normalized spacial score (nSPS) is 29.7. The number of aliphatic hydroxyl groups is 1. The van der Waals surface area contributed by atoms with E-state index in [-0.39, 0.29) is 41.9 Å². The number of para-hydroxylation sites is 1. The van der Waals surface area contributed by atoms with Crippen molar-refractivity contribution in [2.24, 2.45) is 5.92 Å². The van der Waals surface area contributed by atoms with E-state index >= 15 is 0 Å². The van der Waals surface area contributed by atoms with Gasteiger partial charge in [-0.25, -0.2) is 4.39 Å². The quantitative estimate of drug-likeness (QED) is 0.785. The molecule has 1 saturated carbocycles. The summed E-state index contributed by atoms with van der Waals surface area (Å²) >= 11 is 0. The van der Waals surface area contributed by atoms with Gasteiger partial charge < -0.3 is 14.6 Å². The molecule has 0 bridgehead atoms. The Kier molecular flexibility index (Phi) is 5.44. The molecule has 0 amide bonds. The minimum atomic E-state index is -0.305. The molecule has 1 N–H and O–H groups in total. The molecule has 1 spiro atoms. The molecule has 1 aliphatic heterocycles. The van der Waals surface area contributed by atoms with Gasteiger partial charge in [0.1, 0.15) is 11.6 Å². The summed E-state index contributed by atoms with van der Waals surface area (Å²) in [6, 6.07) is 14.9. The first-order valence-electron chi connectivity index (χ1n) is 10.3. The zero-order valence-electron chi connectivity index (χ0n) is 16.6. The molecule has 150 valence electrons. The van der Waals surface area contributed by atoms with Crippen LogP contribution >= 0.6 is 0 Å². The van der Waals surface area contributed by atoms with Gasteiger partial charge in [-0.15, -0.1) is 0 Å². The lowest BCUT2D eigenvalue weighted by atomic mass is 9.76. The molecule has 2 fully saturated rings. The Morgan fingerprint density at radius 2 is 1.93 bits per heavy atom. The van der Waals surface area contributed by atoms with Gasteiger partial charge in [-0.2, -0.15) is 0 Å². The number of hydrogen-bond acceptors (Lipinski definition) is 3. The highest BCUT2D eigenvalue weighted by Gasteiger charge is 2.54. The second kappa shape index (κ2) is 7.84. The first kappa shape index (κ1) is 19.4. The van der Waals surface area contributed by atoms with E-state index in [0.29, 0.717) is 6.61 Å². The van der Waals surface area contributed by atoms with Crippen LogP contribution in [0.3, 0.4) is 0 Å². The van der Waals surface area contributed by atoms with Crippen LogP contribution < -0.4 is 4.74 Å². The highest BCUT2D eigenvalue weighted by molar-refractivity contribution is 5.38. The summed E-state index contributed by atoms with van der Waals surface area (Å²) in [6.07, 6.45) is 2.86. The third kappa shape index (κ3) is 3.56. The highest BCUT2D eigenvalue weighted by Crippen LogP contribution is 2.56. The predicted molar refractivity (Wildman–Crippen MR) is 107 cm³/mol. The fraction of sp³-hybridized carbons (Fsp3) is 0.500. The maximum atomic E-state index is 13.5. The molecule has 1 saturated heterocycles. The topological polar surface area (TPSA) is 38.7 Å². The van der Waals surface area contributed by atoms with E-state index in [0.717, 1.165) is 30.6 Å². The molecule has 1 unspecified atom stereocenters. The van der Waals surface area contributed by atoms with Crippen LogP contribution in [0, 0.1) is 11.7 Å². The van der Waals surface area contributed by atoms with Gasteiger partial charge in [0.05, 0.1) is 18.3 Å². The van der Waals surface area contributed by atoms with Crippen molar-refractivity contribution in [3.05, 3.63) is 65.5 Å². The summed E-state index contributed by atoms with van der Waals surface area (Å²) in [5, 5.41) is 9.97. The van der Waals surface area contributed by atoms with E-state index in [1.54, 1.807) is 0 Å². The van der Waals surface area contributed by atoms with Crippen molar-refractivity contribution in [3.63, 3.8) is 0 Å².